The van der Waals surface area contributed by atoms with Crippen LogP contribution in [0.3, 0.4) is 0 Å². The summed E-state index contributed by atoms with van der Waals surface area (Å²) in [7, 11) is 3.24. The number of hydrogen-bond acceptors (Lipinski definition) is 3. The molecule has 0 aromatic rings. The molecule has 2 atom stereocenters. The minimum atomic E-state index is -1.05. The van der Waals surface area contributed by atoms with Gasteiger partial charge in [-0.3, -0.25) is 9.69 Å². The van der Waals surface area contributed by atoms with Crippen LogP contribution >= 0.6 is 12.6 Å². The molecule has 6 heteroatoms. The molecular formula is C8H14N2O3S. The zero-order valence-electron chi connectivity index (χ0n) is 8.17. The number of thiol groups is 1. The first-order valence-electron chi connectivity index (χ1n) is 4.32. The second kappa shape index (κ2) is 4.08. The smallest absolute Gasteiger partial charge is 0.408 e. The number of carbonyl (C=O) groups excluding carboxylic acids is 1. The SMILES string of the molecule is CN(C)C(=O)[C@@H]1C[C@H](S)CN1C(=O)O. The zero-order chi connectivity index (χ0) is 10.9. The zero-order valence-corrected chi connectivity index (χ0v) is 9.07. The molecule has 0 bridgehead atoms. The van der Waals surface area contributed by atoms with Gasteiger partial charge in [0, 0.05) is 25.9 Å². The van der Waals surface area contributed by atoms with Crippen LogP contribution in [0.15, 0.2) is 0 Å². The van der Waals surface area contributed by atoms with Gasteiger partial charge < -0.3 is 10.0 Å². The fourth-order valence-electron chi connectivity index (χ4n) is 1.56. The number of carbonyl (C=O) groups is 2. The van der Waals surface area contributed by atoms with E-state index in [-0.39, 0.29) is 11.2 Å². The summed E-state index contributed by atoms with van der Waals surface area (Å²) in [5.41, 5.74) is 0. The lowest BCUT2D eigenvalue weighted by atomic mass is 10.2. The van der Waals surface area contributed by atoms with E-state index in [0.717, 1.165) is 4.90 Å². The predicted molar refractivity (Wildman–Crippen MR) is 54.6 cm³/mol. The molecule has 14 heavy (non-hydrogen) atoms. The third-order valence-corrected chi connectivity index (χ3v) is 2.62. The molecule has 0 spiro atoms. The van der Waals surface area contributed by atoms with Gasteiger partial charge >= 0.3 is 6.09 Å². The number of likely N-dealkylation sites (tertiary alicyclic amines) is 1. The highest BCUT2D eigenvalue weighted by atomic mass is 32.1. The Labute approximate surface area is 88.1 Å². The number of hydrogen-bond donors (Lipinski definition) is 2. The molecule has 0 aliphatic carbocycles. The molecule has 1 aliphatic rings. The maximum Gasteiger partial charge on any atom is 0.408 e. The highest BCUT2D eigenvalue weighted by molar-refractivity contribution is 7.81. The van der Waals surface area contributed by atoms with Gasteiger partial charge in [-0.2, -0.15) is 12.6 Å². The van der Waals surface area contributed by atoms with Crippen molar-refractivity contribution in [2.75, 3.05) is 20.6 Å². The van der Waals surface area contributed by atoms with Gasteiger partial charge in [-0.15, -0.1) is 0 Å². The normalized spacial score (nSPS) is 26.4. The van der Waals surface area contributed by atoms with Gasteiger partial charge in [0.25, 0.3) is 0 Å². The van der Waals surface area contributed by atoms with Crippen molar-refractivity contribution in [3.8, 4) is 0 Å². The lowest BCUT2D eigenvalue weighted by Gasteiger charge is -2.23. The van der Waals surface area contributed by atoms with Gasteiger partial charge in [0.05, 0.1) is 0 Å². The van der Waals surface area contributed by atoms with E-state index in [1.165, 1.54) is 4.90 Å². The Bertz CT molecular complexity index is 257. The second-order valence-corrected chi connectivity index (χ2v) is 4.30. The molecule has 1 heterocycles. The van der Waals surface area contributed by atoms with Crippen molar-refractivity contribution in [2.45, 2.75) is 17.7 Å². The summed E-state index contributed by atoms with van der Waals surface area (Å²) >= 11 is 4.19. The van der Waals surface area contributed by atoms with E-state index >= 15 is 0 Å². The minimum Gasteiger partial charge on any atom is -0.465 e. The summed E-state index contributed by atoms with van der Waals surface area (Å²) in [4.78, 5) is 25.0. The van der Waals surface area contributed by atoms with Crippen molar-refractivity contribution in [1.82, 2.24) is 9.80 Å². The van der Waals surface area contributed by atoms with E-state index in [1.807, 2.05) is 0 Å². The average Bonchev–Trinajstić information content (AvgIpc) is 2.45. The first kappa shape index (κ1) is 11.2. The third-order valence-electron chi connectivity index (χ3n) is 2.25. The van der Waals surface area contributed by atoms with Gasteiger partial charge in [-0.05, 0) is 6.42 Å². The monoisotopic (exact) mass is 218 g/mol. The lowest BCUT2D eigenvalue weighted by Crippen LogP contribution is -2.44. The summed E-state index contributed by atoms with van der Waals surface area (Å²) in [5, 5.41) is 8.81. The molecule has 1 rings (SSSR count). The molecule has 1 saturated heterocycles. The number of carboxylic acid groups (broad SMARTS) is 1. The van der Waals surface area contributed by atoms with Crippen LogP contribution in [-0.2, 0) is 4.79 Å². The summed E-state index contributed by atoms with van der Waals surface area (Å²) in [5.74, 6) is -0.177. The van der Waals surface area contributed by atoms with Crippen molar-refractivity contribution >= 4 is 24.6 Å². The van der Waals surface area contributed by atoms with E-state index in [1.54, 1.807) is 14.1 Å². The molecule has 1 N–H and O–H groups in total. The molecule has 2 amide bonds. The van der Waals surface area contributed by atoms with Crippen LogP contribution in [0.5, 0.6) is 0 Å². The largest absolute Gasteiger partial charge is 0.465 e. The first-order chi connectivity index (χ1) is 6.43. The Hall–Kier alpha value is -0.910. The Kier molecular flexibility index (Phi) is 3.25. The Morgan fingerprint density at radius 3 is 2.50 bits per heavy atom. The molecule has 0 radical (unpaired) electrons. The quantitative estimate of drug-likeness (QED) is 0.615. The van der Waals surface area contributed by atoms with Crippen LogP contribution in [0.2, 0.25) is 0 Å². The van der Waals surface area contributed by atoms with Gasteiger partial charge in [0.2, 0.25) is 5.91 Å². The number of likely N-dealkylation sites (N-methyl/N-ethyl adjacent to an activating group) is 1. The van der Waals surface area contributed by atoms with E-state index in [4.69, 9.17) is 5.11 Å². The van der Waals surface area contributed by atoms with Crippen molar-refractivity contribution in [2.24, 2.45) is 0 Å². The van der Waals surface area contributed by atoms with Gasteiger partial charge in [-0.1, -0.05) is 0 Å². The van der Waals surface area contributed by atoms with Crippen molar-refractivity contribution in [3.63, 3.8) is 0 Å². The van der Waals surface area contributed by atoms with Gasteiger partial charge in [0.1, 0.15) is 6.04 Å². The molecule has 1 aliphatic heterocycles. The molecule has 0 unspecified atom stereocenters. The van der Waals surface area contributed by atoms with E-state index in [9.17, 15) is 9.59 Å². The summed E-state index contributed by atoms with van der Waals surface area (Å²) < 4.78 is 0. The fourth-order valence-corrected chi connectivity index (χ4v) is 1.93. The lowest BCUT2D eigenvalue weighted by molar-refractivity contribution is -0.132. The first-order valence-corrected chi connectivity index (χ1v) is 4.84. The topological polar surface area (TPSA) is 60.9 Å². The number of amides is 2. The van der Waals surface area contributed by atoms with Crippen LogP contribution in [0.1, 0.15) is 6.42 Å². The molecule has 5 nitrogen and oxygen atoms in total. The summed E-state index contributed by atoms with van der Waals surface area (Å²) in [6.07, 6.45) is -0.561. The van der Waals surface area contributed by atoms with Crippen LogP contribution < -0.4 is 0 Å². The highest BCUT2D eigenvalue weighted by Crippen LogP contribution is 2.22. The maximum atomic E-state index is 11.6. The van der Waals surface area contributed by atoms with Crippen LogP contribution in [0, 0.1) is 0 Å². The van der Waals surface area contributed by atoms with Gasteiger partial charge in [0.15, 0.2) is 0 Å². The van der Waals surface area contributed by atoms with E-state index < -0.39 is 12.1 Å². The minimum absolute atomic E-state index is 0.0417. The van der Waals surface area contributed by atoms with Crippen LogP contribution in [0.4, 0.5) is 4.79 Å². The number of rotatable bonds is 1. The summed E-state index contributed by atoms with van der Waals surface area (Å²) in [6, 6.07) is -0.565. The predicted octanol–water partition coefficient (Wildman–Crippen LogP) is 0.125. The standard InChI is InChI=1S/C8H14N2O3S/c1-9(2)7(11)6-3-5(14)4-10(6)8(12)13/h5-6,14H,3-4H2,1-2H3,(H,12,13)/t5-,6-/m0/s1. The Balaban J connectivity index is 2.76. The van der Waals surface area contributed by atoms with E-state index in [2.05, 4.69) is 12.6 Å². The van der Waals surface area contributed by atoms with E-state index in [0.29, 0.717) is 13.0 Å². The Morgan fingerprint density at radius 2 is 2.07 bits per heavy atom. The fraction of sp³-hybridized carbons (Fsp3) is 0.750. The molecule has 1 fully saturated rings. The highest BCUT2D eigenvalue weighted by Gasteiger charge is 2.38. The van der Waals surface area contributed by atoms with Crippen molar-refractivity contribution < 1.29 is 14.7 Å². The summed E-state index contributed by atoms with van der Waals surface area (Å²) in [6.45, 7) is 0.322. The second-order valence-electron chi connectivity index (χ2n) is 3.57. The van der Waals surface area contributed by atoms with Gasteiger partial charge in [-0.25, -0.2) is 4.79 Å². The molecule has 0 saturated carbocycles. The maximum absolute atomic E-state index is 11.6. The molecule has 0 aromatic carbocycles. The average molecular weight is 218 g/mol. The Morgan fingerprint density at radius 1 is 1.50 bits per heavy atom. The molecule has 0 aromatic heterocycles. The van der Waals surface area contributed by atoms with Crippen molar-refractivity contribution in [3.05, 3.63) is 0 Å². The third kappa shape index (κ3) is 2.12. The molecular weight excluding hydrogens is 204 g/mol. The van der Waals surface area contributed by atoms with Crippen LogP contribution in [-0.4, -0.2) is 58.8 Å². The molecule has 80 valence electrons. The van der Waals surface area contributed by atoms with Crippen molar-refractivity contribution in [1.29, 1.82) is 0 Å². The van der Waals surface area contributed by atoms with Crippen LogP contribution in [0.25, 0.3) is 0 Å². The number of nitrogens with zero attached hydrogens (tertiary/aromatic N) is 2.